The van der Waals surface area contributed by atoms with Crippen LogP contribution in [0.15, 0.2) is 0 Å². The first kappa shape index (κ1) is 32.5. The molecule has 0 aromatic carbocycles. The van der Waals surface area contributed by atoms with Gasteiger partial charge in [-0.15, -0.1) is 0 Å². The monoisotopic (exact) mass is 538 g/mol. The van der Waals surface area contributed by atoms with Gasteiger partial charge in [-0.25, -0.2) is 12.8 Å². The number of hydrogen-bond acceptors (Lipinski definition) is 3. The maximum absolute atomic E-state index is 13.3. The average molecular weight is 538 g/mol. The molecule has 0 aliphatic carbocycles. The van der Waals surface area contributed by atoms with Crippen LogP contribution in [-0.4, -0.2) is 59.9 Å². The average Bonchev–Trinajstić information content (AvgIpc) is 2.41. The van der Waals surface area contributed by atoms with Gasteiger partial charge in [0.25, 0.3) is 0 Å². The van der Waals surface area contributed by atoms with Gasteiger partial charge in [0.2, 0.25) is 0 Å². The Morgan fingerprint density at radius 2 is 0.667 bits per heavy atom. The molecule has 0 heterocycles. The topological polar surface area (TPSA) is 57.2 Å². The maximum Gasteiger partial charge on any atom is 1.00 e. The van der Waals surface area contributed by atoms with E-state index in [-0.39, 0.29) is 51.4 Å². The van der Waals surface area contributed by atoms with E-state index in [9.17, 15) is 87.6 Å². The molecule has 0 saturated carbocycles. The third-order valence-electron chi connectivity index (χ3n) is 3.05. The first-order valence-electron chi connectivity index (χ1n) is 5.67. The summed E-state index contributed by atoms with van der Waals surface area (Å²) in [6.07, 6.45) is -16.0. The fourth-order valence-electron chi connectivity index (χ4n) is 1.45. The van der Waals surface area contributed by atoms with Crippen molar-refractivity contribution in [2.45, 2.75) is 47.0 Å². The Labute approximate surface area is 195 Å². The smallest absolute Gasteiger partial charge is 0.745 e. The molecule has 0 fully saturated rings. The summed E-state index contributed by atoms with van der Waals surface area (Å²) in [6, 6.07) is 0. The van der Waals surface area contributed by atoms with Crippen molar-refractivity contribution in [3.8, 4) is 0 Å². The summed E-state index contributed by atoms with van der Waals surface area (Å²) >= 11 is 0. The molecule has 0 aromatic rings. The third kappa shape index (κ3) is 4.05. The van der Waals surface area contributed by atoms with E-state index in [0.29, 0.717) is 0 Å². The van der Waals surface area contributed by atoms with Gasteiger partial charge in [-0.2, -0.15) is 70.2 Å². The van der Waals surface area contributed by atoms with Crippen molar-refractivity contribution in [1.29, 1.82) is 0 Å². The zero-order valence-electron chi connectivity index (χ0n) is 13.1. The van der Waals surface area contributed by atoms with E-state index < -0.39 is 57.1 Å². The Bertz CT molecular complexity index is 737. The molecule has 176 valence electrons. The van der Waals surface area contributed by atoms with Crippen LogP contribution < -0.4 is 51.4 Å². The molecule has 0 aliphatic rings. The van der Waals surface area contributed by atoms with E-state index in [1.165, 1.54) is 0 Å². The molecule has 0 N–H and O–H groups in total. The summed E-state index contributed by atoms with van der Waals surface area (Å²) in [4.78, 5) is 0. The van der Waals surface area contributed by atoms with Crippen molar-refractivity contribution in [3.63, 3.8) is 0 Å². The predicted molar refractivity (Wildman–Crippen MR) is 50.4 cm³/mol. The zero-order valence-corrected chi connectivity index (χ0v) is 17.0. The quantitative estimate of drug-likeness (QED) is 0.293. The molecule has 0 aromatic heterocycles. The molecule has 30 heavy (non-hydrogen) atoms. The second-order valence-corrected chi connectivity index (χ2v) is 6.39. The molecule has 0 amide bonds. The van der Waals surface area contributed by atoms with E-state index in [2.05, 4.69) is 0 Å². The fraction of sp³-hybridized carbons (Fsp3) is 1.00. The molecule has 0 rings (SSSR count). The molecule has 3 nitrogen and oxygen atoms in total. The molecular weight excluding hydrogens is 538 g/mol. The van der Waals surface area contributed by atoms with Gasteiger partial charge in [0.05, 0.1) is 0 Å². The second kappa shape index (κ2) is 7.99. The van der Waals surface area contributed by atoms with Crippen LogP contribution in [0.25, 0.3) is 0 Å². The van der Waals surface area contributed by atoms with E-state index in [1.807, 2.05) is 0 Å². The number of halogens is 17. The third-order valence-corrected chi connectivity index (χ3v) is 4.22. The van der Waals surface area contributed by atoms with Gasteiger partial charge in [0, 0.05) is 0 Å². The van der Waals surface area contributed by atoms with Crippen molar-refractivity contribution in [2.75, 3.05) is 0 Å². The molecule has 0 spiro atoms. The van der Waals surface area contributed by atoms with E-state index in [0.717, 1.165) is 0 Å². The summed E-state index contributed by atoms with van der Waals surface area (Å²) in [7, 11) is -8.59. The van der Waals surface area contributed by atoms with Crippen LogP contribution in [0.3, 0.4) is 0 Å². The van der Waals surface area contributed by atoms with Gasteiger partial charge in [0.1, 0.15) is 10.1 Å². The van der Waals surface area contributed by atoms with Crippen LogP contribution in [-0.2, 0) is 10.1 Å². The Morgan fingerprint density at radius 1 is 0.433 bits per heavy atom. The van der Waals surface area contributed by atoms with Crippen molar-refractivity contribution < 1.29 is 139 Å². The Morgan fingerprint density at radius 3 is 0.867 bits per heavy atom. The maximum atomic E-state index is 13.3. The molecular formula is C8F17KO3S. The number of hydrogen-bond donors (Lipinski definition) is 0. The predicted octanol–water partition coefficient (Wildman–Crippen LogP) is 1.50. The van der Waals surface area contributed by atoms with Crippen LogP contribution in [0.2, 0.25) is 0 Å². The Hall–Kier alpha value is 0.356. The van der Waals surface area contributed by atoms with E-state index in [1.54, 1.807) is 0 Å². The standard InChI is InChI=1S/C8HF17O3S.K/c9-1(10,3(13,14)5(17,18)7(20,21)22)2(11,12)4(15,16)6(19,8(23,24)25)29(26,27)28;/h(H,26,27,28);/q;+1/p-1. The second-order valence-electron chi connectivity index (χ2n) is 4.92. The first-order chi connectivity index (χ1) is 12.0. The van der Waals surface area contributed by atoms with E-state index >= 15 is 0 Å². The minimum Gasteiger partial charge on any atom is -0.745 e. The van der Waals surface area contributed by atoms with Crippen molar-refractivity contribution >= 4 is 10.1 Å². The summed E-state index contributed by atoms with van der Waals surface area (Å²) in [5.74, 6) is -43.8. The van der Waals surface area contributed by atoms with Crippen molar-refractivity contribution in [3.05, 3.63) is 0 Å². The van der Waals surface area contributed by atoms with Crippen molar-refractivity contribution in [1.82, 2.24) is 0 Å². The fourth-order valence-corrected chi connectivity index (χ4v) is 2.17. The van der Waals surface area contributed by atoms with Gasteiger partial charge in [-0.1, -0.05) is 0 Å². The molecule has 1 unspecified atom stereocenters. The van der Waals surface area contributed by atoms with Gasteiger partial charge in [-0.3, -0.25) is 0 Å². The van der Waals surface area contributed by atoms with Crippen molar-refractivity contribution in [2.24, 2.45) is 0 Å². The SMILES string of the molecule is O=S(=O)([O-])C(F)(C(F)(F)F)C(F)(F)C(F)(F)C(F)(F)C(F)(F)C(F)(F)C(F)(F)F.[K+]. The summed E-state index contributed by atoms with van der Waals surface area (Å²) < 4.78 is 245. The molecule has 0 aliphatic heterocycles. The molecule has 1 atom stereocenters. The summed E-state index contributed by atoms with van der Waals surface area (Å²) in [6.45, 7) is 0. The van der Waals surface area contributed by atoms with E-state index in [4.69, 9.17) is 0 Å². The molecule has 0 saturated heterocycles. The first-order valence-corrected chi connectivity index (χ1v) is 7.08. The van der Waals surface area contributed by atoms with Crippen LogP contribution in [0, 0.1) is 0 Å². The largest absolute Gasteiger partial charge is 1.00 e. The molecule has 0 radical (unpaired) electrons. The Balaban J connectivity index is 0. The van der Waals surface area contributed by atoms with Crippen LogP contribution in [0.5, 0.6) is 0 Å². The minimum absolute atomic E-state index is 0. The van der Waals surface area contributed by atoms with Crippen LogP contribution >= 0.6 is 0 Å². The van der Waals surface area contributed by atoms with Gasteiger partial charge in [-0.05, 0) is 0 Å². The van der Waals surface area contributed by atoms with Gasteiger partial charge < -0.3 is 4.55 Å². The summed E-state index contributed by atoms with van der Waals surface area (Å²) in [5, 5.41) is -8.37. The zero-order chi connectivity index (χ0) is 24.5. The Kier molecular flexibility index (Phi) is 8.66. The van der Waals surface area contributed by atoms with Crippen LogP contribution in [0.4, 0.5) is 74.6 Å². The molecule has 22 heteroatoms. The van der Waals surface area contributed by atoms with Gasteiger partial charge >= 0.3 is 98.4 Å². The number of rotatable bonds is 6. The summed E-state index contributed by atoms with van der Waals surface area (Å²) in [5.41, 5.74) is 0. The van der Waals surface area contributed by atoms with Gasteiger partial charge in [0.15, 0.2) is 0 Å². The number of alkyl halides is 17. The van der Waals surface area contributed by atoms with Crippen LogP contribution in [0.1, 0.15) is 0 Å². The minimum atomic E-state index is -8.97. The molecule has 0 bridgehead atoms. The normalized spacial score (nSPS) is 17.9.